The highest BCUT2D eigenvalue weighted by Gasteiger charge is 2.39. The number of imidazole rings is 1. The summed E-state index contributed by atoms with van der Waals surface area (Å²) in [4.78, 5) is 17.9. The van der Waals surface area contributed by atoms with E-state index in [0.29, 0.717) is 12.8 Å². The molecule has 1 aromatic heterocycles. The van der Waals surface area contributed by atoms with Gasteiger partial charge in [-0.05, 0) is 25.0 Å². The van der Waals surface area contributed by atoms with E-state index in [0.717, 1.165) is 23.5 Å². The lowest BCUT2D eigenvalue weighted by Crippen LogP contribution is -2.56. The number of hydrogen-bond acceptors (Lipinski definition) is 4. The molecule has 0 bridgehead atoms. The van der Waals surface area contributed by atoms with Crippen molar-refractivity contribution in [2.24, 2.45) is 12.8 Å². The van der Waals surface area contributed by atoms with E-state index < -0.39 is 11.5 Å². The van der Waals surface area contributed by atoms with E-state index in [2.05, 4.69) is 4.98 Å². The third kappa shape index (κ3) is 1.92. The number of amides is 1. The van der Waals surface area contributed by atoms with E-state index in [-0.39, 0.29) is 6.54 Å². The molecule has 3 N–H and O–H groups in total. The van der Waals surface area contributed by atoms with Crippen LogP contribution in [0.2, 0.25) is 0 Å². The van der Waals surface area contributed by atoms with Crippen LogP contribution in [0.25, 0.3) is 11.0 Å². The topological polar surface area (TPSA) is 84.4 Å². The monoisotopic (exact) mass is 274 g/mol. The highest BCUT2D eigenvalue weighted by molar-refractivity contribution is 5.84. The Kier molecular flexibility index (Phi) is 2.90. The molecule has 0 aliphatic carbocycles. The van der Waals surface area contributed by atoms with Crippen molar-refractivity contribution in [1.82, 2.24) is 9.55 Å². The van der Waals surface area contributed by atoms with Crippen molar-refractivity contribution < 1.29 is 9.90 Å². The molecule has 0 radical (unpaired) electrons. The lowest BCUT2D eigenvalue weighted by Gasteiger charge is -2.37. The summed E-state index contributed by atoms with van der Waals surface area (Å²) in [5, 5.41) is 10.3. The van der Waals surface area contributed by atoms with Crippen LogP contribution in [0.1, 0.15) is 12.8 Å². The molecule has 20 heavy (non-hydrogen) atoms. The van der Waals surface area contributed by atoms with Crippen LogP contribution in [0.15, 0.2) is 24.3 Å². The smallest absolute Gasteiger partial charge is 0.251 e. The molecule has 3 rings (SSSR count). The number of carbonyl (C=O) groups excluding carboxylic acids is 1. The van der Waals surface area contributed by atoms with Crippen molar-refractivity contribution in [3.05, 3.63) is 24.3 Å². The van der Waals surface area contributed by atoms with Gasteiger partial charge in [-0.15, -0.1) is 0 Å². The van der Waals surface area contributed by atoms with E-state index >= 15 is 0 Å². The minimum Gasteiger partial charge on any atom is -0.378 e. The van der Waals surface area contributed by atoms with Gasteiger partial charge in [0, 0.05) is 13.6 Å². The van der Waals surface area contributed by atoms with E-state index in [1.807, 2.05) is 40.8 Å². The fourth-order valence-electron chi connectivity index (χ4n) is 2.82. The summed E-state index contributed by atoms with van der Waals surface area (Å²) in [6.07, 6.45) is 1.12. The molecule has 1 aromatic carbocycles. The third-order valence-corrected chi connectivity index (χ3v) is 3.98. The molecule has 1 amide bonds. The predicted octanol–water partition coefficient (Wildman–Crippen LogP) is 0.390. The summed E-state index contributed by atoms with van der Waals surface area (Å²) >= 11 is 0. The maximum Gasteiger partial charge on any atom is 0.251 e. The Bertz CT molecular complexity index is 666. The fourth-order valence-corrected chi connectivity index (χ4v) is 2.82. The van der Waals surface area contributed by atoms with Gasteiger partial charge in [0.1, 0.15) is 0 Å². The number of carbonyl (C=O) groups is 1. The van der Waals surface area contributed by atoms with Crippen molar-refractivity contribution >= 4 is 22.9 Å². The van der Waals surface area contributed by atoms with Crippen molar-refractivity contribution in [1.29, 1.82) is 0 Å². The Balaban J connectivity index is 1.99. The van der Waals surface area contributed by atoms with E-state index in [1.54, 1.807) is 0 Å². The Morgan fingerprint density at radius 1 is 1.45 bits per heavy atom. The highest BCUT2D eigenvalue weighted by atomic mass is 16.3. The number of β-amino-alcohol motifs (C(OH)–C–C–N with tert-alkyl or cyclic N) is 1. The first-order valence-electron chi connectivity index (χ1n) is 6.70. The molecule has 1 fully saturated rings. The number of hydrogen-bond donors (Lipinski definition) is 2. The Morgan fingerprint density at radius 2 is 2.20 bits per heavy atom. The minimum atomic E-state index is -1.46. The largest absolute Gasteiger partial charge is 0.378 e. The number of fused-ring (bicyclic) bond motifs is 1. The summed E-state index contributed by atoms with van der Waals surface area (Å²) in [5.41, 5.74) is 5.78. The summed E-state index contributed by atoms with van der Waals surface area (Å²) in [7, 11) is 1.93. The van der Waals surface area contributed by atoms with Crippen molar-refractivity contribution in [3.63, 3.8) is 0 Å². The number of rotatable bonds is 2. The molecule has 6 heteroatoms. The number of nitrogens with two attached hydrogens (primary N) is 1. The van der Waals surface area contributed by atoms with Gasteiger partial charge in [-0.3, -0.25) is 4.79 Å². The molecule has 1 atom stereocenters. The number of nitrogens with zero attached hydrogens (tertiary/aromatic N) is 3. The summed E-state index contributed by atoms with van der Waals surface area (Å²) < 4.78 is 1.97. The second-order valence-electron chi connectivity index (χ2n) is 5.38. The third-order valence-electron chi connectivity index (χ3n) is 3.98. The first-order chi connectivity index (χ1) is 9.51. The molecule has 2 heterocycles. The highest BCUT2D eigenvalue weighted by Crippen LogP contribution is 2.27. The van der Waals surface area contributed by atoms with Crippen molar-refractivity contribution in [2.75, 3.05) is 18.0 Å². The van der Waals surface area contributed by atoms with Gasteiger partial charge < -0.3 is 20.3 Å². The number of para-hydroxylation sites is 2. The van der Waals surface area contributed by atoms with Gasteiger partial charge in [-0.25, -0.2) is 4.98 Å². The van der Waals surface area contributed by atoms with Gasteiger partial charge >= 0.3 is 0 Å². The molecule has 106 valence electrons. The van der Waals surface area contributed by atoms with Gasteiger partial charge in [-0.2, -0.15) is 0 Å². The molecule has 0 spiro atoms. The lowest BCUT2D eigenvalue weighted by atomic mass is 9.92. The molecule has 0 unspecified atom stereocenters. The molecule has 0 saturated carbocycles. The number of benzene rings is 1. The lowest BCUT2D eigenvalue weighted by molar-refractivity contribution is -0.137. The minimum absolute atomic E-state index is 0.194. The summed E-state index contributed by atoms with van der Waals surface area (Å²) in [5.74, 6) is 0.0894. The van der Waals surface area contributed by atoms with Crippen LogP contribution in [-0.4, -0.2) is 39.3 Å². The quantitative estimate of drug-likeness (QED) is 0.829. The van der Waals surface area contributed by atoms with E-state index in [1.165, 1.54) is 0 Å². The molecular formula is C14H18N4O2. The van der Waals surface area contributed by atoms with Gasteiger partial charge in [0.25, 0.3) is 5.91 Å². The predicted molar refractivity (Wildman–Crippen MR) is 76.3 cm³/mol. The zero-order valence-electron chi connectivity index (χ0n) is 11.4. The summed E-state index contributed by atoms with van der Waals surface area (Å²) in [6, 6.07) is 7.85. The van der Waals surface area contributed by atoms with Crippen molar-refractivity contribution in [3.8, 4) is 0 Å². The standard InChI is InChI=1S/C14H18N4O2/c1-17-11-6-3-2-5-10(11)16-13(17)18-8-4-7-14(20,9-18)12(15)19/h2-3,5-6,20H,4,7-9H2,1H3,(H2,15,19)/t14-/m0/s1. The molecule has 1 aliphatic heterocycles. The van der Waals surface area contributed by atoms with Crippen LogP contribution in [0, 0.1) is 0 Å². The molecule has 2 aromatic rings. The van der Waals surface area contributed by atoms with Gasteiger partial charge in [0.05, 0.1) is 17.6 Å². The molecule has 1 aliphatic rings. The van der Waals surface area contributed by atoms with E-state index in [4.69, 9.17) is 5.73 Å². The zero-order valence-corrected chi connectivity index (χ0v) is 11.4. The van der Waals surface area contributed by atoms with Crippen LogP contribution < -0.4 is 10.6 Å². The normalized spacial score (nSPS) is 23.2. The Hall–Kier alpha value is -2.08. The number of aromatic nitrogens is 2. The molecular weight excluding hydrogens is 256 g/mol. The van der Waals surface area contributed by atoms with Crippen molar-refractivity contribution in [2.45, 2.75) is 18.4 Å². The average molecular weight is 274 g/mol. The summed E-state index contributed by atoms with van der Waals surface area (Å²) in [6.45, 7) is 0.951. The Labute approximate surface area is 116 Å². The van der Waals surface area contributed by atoms with Gasteiger partial charge in [-0.1, -0.05) is 12.1 Å². The second kappa shape index (κ2) is 4.49. The second-order valence-corrected chi connectivity index (χ2v) is 5.38. The van der Waals surface area contributed by atoms with Crippen LogP contribution in [0.3, 0.4) is 0 Å². The number of piperidine rings is 1. The first-order valence-corrected chi connectivity index (χ1v) is 6.70. The van der Waals surface area contributed by atoms with Crippen LogP contribution in [0.4, 0.5) is 5.95 Å². The van der Waals surface area contributed by atoms with E-state index in [9.17, 15) is 9.90 Å². The fraction of sp³-hybridized carbons (Fsp3) is 0.429. The Morgan fingerprint density at radius 3 is 2.90 bits per heavy atom. The number of aryl methyl sites for hydroxylation is 1. The first kappa shape index (κ1) is 12.9. The number of aliphatic hydroxyl groups is 1. The number of anilines is 1. The average Bonchev–Trinajstić information content (AvgIpc) is 2.77. The van der Waals surface area contributed by atoms with Crippen LogP contribution >= 0.6 is 0 Å². The van der Waals surface area contributed by atoms with Crippen LogP contribution in [0.5, 0.6) is 0 Å². The SMILES string of the molecule is Cn1c(N2CCC[C@@](O)(C(N)=O)C2)nc2ccccc21. The molecule has 6 nitrogen and oxygen atoms in total. The van der Waals surface area contributed by atoms with Gasteiger partial charge in [0.2, 0.25) is 5.95 Å². The maximum atomic E-state index is 11.4. The molecule has 1 saturated heterocycles. The van der Waals surface area contributed by atoms with Gasteiger partial charge in [0.15, 0.2) is 5.60 Å². The van der Waals surface area contributed by atoms with Crippen LogP contribution in [-0.2, 0) is 11.8 Å². The zero-order chi connectivity index (χ0) is 14.3. The maximum absolute atomic E-state index is 11.4. The number of primary amides is 1.